The summed E-state index contributed by atoms with van der Waals surface area (Å²) in [6.45, 7) is 0.0634. The van der Waals surface area contributed by atoms with Crippen LogP contribution in [-0.2, 0) is 0 Å². The largest absolute Gasteiger partial charge is 0.497 e. The maximum absolute atomic E-state index is 9.40. The molecule has 0 radical (unpaired) electrons. The first kappa shape index (κ1) is 12.0. The van der Waals surface area contributed by atoms with Gasteiger partial charge in [-0.2, -0.15) is 11.3 Å². The molecule has 2 N–H and O–H groups in total. The number of aliphatic hydroxyl groups is 1. The Morgan fingerprint density at radius 3 is 2.94 bits per heavy atom. The molecule has 90 valence electrons. The summed E-state index contributed by atoms with van der Waals surface area (Å²) in [7, 11) is 1.64. The zero-order chi connectivity index (χ0) is 12.1. The average molecular weight is 249 g/mol. The molecule has 1 heterocycles. The number of methoxy groups -OCH3 is 1. The molecule has 1 aromatic heterocycles. The highest BCUT2D eigenvalue weighted by Crippen LogP contribution is 2.23. The minimum absolute atomic E-state index is 0.0634. The number of thiophene rings is 1. The predicted octanol–water partition coefficient (Wildman–Crippen LogP) is 2.90. The maximum atomic E-state index is 9.40. The van der Waals surface area contributed by atoms with Crippen LogP contribution in [-0.4, -0.2) is 18.8 Å². The maximum Gasteiger partial charge on any atom is 0.120 e. The molecule has 0 fully saturated rings. The Balaban J connectivity index is 2.13. The van der Waals surface area contributed by atoms with E-state index in [9.17, 15) is 5.11 Å². The van der Waals surface area contributed by atoms with Crippen LogP contribution in [0.3, 0.4) is 0 Å². The summed E-state index contributed by atoms with van der Waals surface area (Å²) < 4.78 is 5.16. The van der Waals surface area contributed by atoms with Crippen molar-refractivity contribution in [3.63, 3.8) is 0 Å². The molecule has 1 unspecified atom stereocenters. The van der Waals surface area contributed by atoms with E-state index in [2.05, 4.69) is 5.32 Å². The Morgan fingerprint density at radius 2 is 2.29 bits per heavy atom. The number of aliphatic hydroxyl groups excluding tert-OH is 1. The first-order valence-electron chi connectivity index (χ1n) is 5.37. The Labute approximate surface area is 105 Å². The van der Waals surface area contributed by atoms with Gasteiger partial charge in [-0.15, -0.1) is 0 Å². The fraction of sp³-hybridized carbons (Fsp3) is 0.231. The summed E-state index contributed by atoms with van der Waals surface area (Å²) >= 11 is 1.63. The van der Waals surface area contributed by atoms with E-state index in [0.717, 1.165) is 17.0 Å². The predicted molar refractivity (Wildman–Crippen MR) is 70.8 cm³/mol. The van der Waals surface area contributed by atoms with Crippen LogP contribution in [0.5, 0.6) is 5.75 Å². The zero-order valence-electron chi connectivity index (χ0n) is 9.59. The van der Waals surface area contributed by atoms with Gasteiger partial charge in [-0.3, -0.25) is 0 Å². The topological polar surface area (TPSA) is 41.5 Å². The second-order valence-corrected chi connectivity index (χ2v) is 4.45. The number of hydrogen-bond donors (Lipinski definition) is 2. The molecule has 17 heavy (non-hydrogen) atoms. The number of benzene rings is 1. The Kier molecular flexibility index (Phi) is 4.01. The van der Waals surface area contributed by atoms with Gasteiger partial charge in [0.15, 0.2) is 0 Å². The summed E-state index contributed by atoms with van der Waals surface area (Å²) in [5, 5.41) is 16.7. The Bertz CT molecular complexity index is 456. The van der Waals surface area contributed by atoms with Gasteiger partial charge in [0.1, 0.15) is 5.75 Å². The molecule has 4 heteroatoms. The first-order chi connectivity index (χ1) is 8.33. The standard InChI is InChI=1S/C13H15NO2S/c1-16-12-4-2-3-11(7-12)14-13(8-15)10-5-6-17-9-10/h2-7,9,13-15H,8H2,1H3. The molecule has 0 saturated heterocycles. The van der Waals surface area contributed by atoms with Crippen LogP contribution >= 0.6 is 11.3 Å². The van der Waals surface area contributed by atoms with Gasteiger partial charge < -0.3 is 15.2 Å². The van der Waals surface area contributed by atoms with Crippen LogP contribution in [0.25, 0.3) is 0 Å². The van der Waals surface area contributed by atoms with Crippen LogP contribution in [0.2, 0.25) is 0 Å². The highest BCUT2D eigenvalue weighted by Gasteiger charge is 2.10. The van der Waals surface area contributed by atoms with E-state index in [0.29, 0.717) is 0 Å². The minimum atomic E-state index is -0.0756. The lowest BCUT2D eigenvalue weighted by molar-refractivity contribution is 0.276. The number of rotatable bonds is 5. The average Bonchev–Trinajstić information content (AvgIpc) is 2.90. The minimum Gasteiger partial charge on any atom is -0.497 e. The quantitative estimate of drug-likeness (QED) is 0.856. The van der Waals surface area contributed by atoms with Crippen molar-refractivity contribution in [2.24, 2.45) is 0 Å². The first-order valence-corrected chi connectivity index (χ1v) is 6.31. The van der Waals surface area contributed by atoms with E-state index in [1.807, 2.05) is 41.1 Å². The van der Waals surface area contributed by atoms with Crippen molar-refractivity contribution in [1.82, 2.24) is 0 Å². The normalized spacial score (nSPS) is 12.1. The molecule has 0 spiro atoms. The molecular weight excluding hydrogens is 234 g/mol. The van der Waals surface area contributed by atoms with Gasteiger partial charge in [0.2, 0.25) is 0 Å². The second kappa shape index (κ2) is 5.70. The molecule has 0 aliphatic heterocycles. The van der Waals surface area contributed by atoms with Crippen molar-refractivity contribution in [1.29, 1.82) is 0 Å². The number of anilines is 1. The molecule has 0 bridgehead atoms. The SMILES string of the molecule is COc1cccc(NC(CO)c2ccsc2)c1. The number of hydrogen-bond acceptors (Lipinski definition) is 4. The third kappa shape index (κ3) is 2.99. The smallest absolute Gasteiger partial charge is 0.120 e. The van der Waals surface area contributed by atoms with E-state index in [1.54, 1.807) is 18.4 Å². The molecule has 1 aromatic carbocycles. The van der Waals surface area contributed by atoms with Crippen molar-refractivity contribution in [2.75, 3.05) is 19.0 Å². The van der Waals surface area contributed by atoms with E-state index in [4.69, 9.17) is 4.74 Å². The van der Waals surface area contributed by atoms with Gasteiger partial charge in [0.05, 0.1) is 19.8 Å². The van der Waals surface area contributed by atoms with Crippen LogP contribution in [0.1, 0.15) is 11.6 Å². The van der Waals surface area contributed by atoms with Crippen molar-refractivity contribution in [3.8, 4) is 5.75 Å². The molecule has 3 nitrogen and oxygen atoms in total. The molecule has 0 saturated carbocycles. The Hall–Kier alpha value is -1.52. The van der Waals surface area contributed by atoms with Crippen molar-refractivity contribution >= 4 is 17.0 Å². The van der Waals surface area contributed by atoms with Gasteiger partial charge in [-0.25, -0.2) is 0 Å². The highest BCUT2D eigenvalue weighted by molar-refractivity contribution is 7.08. The third-order valence-corrected chi connectivity index (χ3v) is 3.24. The summed E-state index contributed by atoms with van der Waals surface area (Å²) in [5.41, 5.74) is 2.04. The summed E-state index contributed by atoms with van der Waals surface area (Å²) in [5.74, 6) is 0.803. The number of nitrogens with one attached hydrogen (secondary N) is 1. The van der Waals surface area contributed by atoms with Crippen LogP contribution in [0.4, 0.5) is 5.69 Å². The molecular formula is C13H15NO2S. The van der Waals surface area contributed by atoms with Crippen molar-refractivity contribution < 1.29 is 9.84 Å². The summed E-state index contributed by atoms with van der Waals surface area (Å²) in [6, 6.07) is 9.62. The van der Waals surface area contributed by atoms with Gasteiger partial charge in [-0.05, 0) is 34.5 Å². The lowest BCUT2D eigenvalue weighted by atomic mass is 10.1. The van der Waals surface area contributed by atoms with Gasteiger partial charge >= 0.3 is 0 Å². The zero-order valence-corrected chi connectivity index (χ0v) is 10.4. The molecule has 1 atom stereocenters. The summed E-state index contributed by atoms with van der Waals surface area (Å²) in [4.78, 5) is 0. The second-order valence-electron chi connectivity index (χ2n) is 3.67. The molecule has 0 aliphatic rings. The van der Waals surface area contributed by atoms with E-state index in [1.165, 1.54) is 0 Å². The summed E-state index contributed by atoms with van der Waals surface area (Å²) in [6.07, 6.45) is 0. The Morgan fingerprint density at radius 1 is 1.41 bits per heavy atom. The van der Waals surface area contributed by atoms with Gasteiger partial charge in [0.25, 0.3) is 0 Å². The molecule has 0 aliphatic carbocycles. The van der Waals surface area contributed by atoms with E-state index < -0.39 is 0 Å². The van der Waals surface area contributed by atoms with Crippen LogP contribution in [0.15, 0.2) is 41.1 Å². The lowest BCUT2D eigenvalue weighted by Crippen LogP contribution is -2.13. The third-order valence-electron chi connectivity index (χ3n) is 2.54. The number of ether oxygens (including phenoxy) is 1. The fourth-order valence-electron chi connectivity index (χ4n) is 1.62. The highest BCUT2D eigenvalue weighted by atomic mass is 32.1. The monoisotopic (exact) mass is 249 g/mol. The van der Waals surface area contributed by atoms with Crippen LogP contribution < -0.4 is 10.1 Å². The molecule has 0 amide bonds. The van der Waals surface area contributed by atoms with Gasteiger partial charge in [0, 0.05) is 11.8 Å². The van der Waals surface area contributed by atoms with Crippen molar-refractivity contribution in [3.05, 3.63) is 46.7 Å². The van der Waals surface area contributed by atoms with Crippen LogP contribution in [0, 0.1) is 0 Å². The molecule has 2 aromatic rings. The fourth-order valence-corrected chi connectivity index (χ4v) is 2.34. The van der Waals surface area contributed by atoms with Crippen molar-refractivity contribution in [2.45, 2.75) is 6.04 Å². The van der Waals surface area contributed by atoms with E-state index >= 15 is 0 Å². The lowest BCUT2D eigenvalue weighted by Gasteiger charge is -2.17. The van der Waals surface area contributed by atoms with Gasteiger partial charge in [-0.1, -0.05) is 6.07 Å². The molecule has 2 rings (SSSR count). The van der Waals surface area contributed by atoms with E-state index in [-0.39, 0.29) is 12.6 Å².